The molecule has 1 saturated heterocycles. The van der Waals surface area contributed by atoms with Gasteiger partial charge < -0.3 is 19.9 Å². The molecule has 0 spiro atoms. The standard InChI is InChI=1S/C21H23FN4O/c1-14-12-25(9-8-23-14)17-5-7-21-24-19(10-15(2)26(21)13-17)16-4-6-20(27-3)18(22)11-16/h4-7,10-11,13-14,23H,2,8-9,12H2,1,3H3/t14-/m1/s1. The zero-order valence-corrected chi connectivity index (χ0v) is 15.6. The number of aliphatic imine (C=N–C) groups is 1. The molecular formula is C21H23FN4O. The molecule has 0 aromatic heterocycles. The van der Waals surface area contributed by atoms with Crippen LogP contribution in [0.15, 0.2) is 65.6 Å². The van der Waals surface area contributed by atoms with Gasteiger partial charge in [-0.15, -0.1) is 0 Å². The molecule has 0 radical (unpaired) electrons. The van der Waals surface area contributed by atoms with E-state index < -0.39 is 5.82 Å². The van der Waals surface area contributed by atoms with E-state index in [0.29, 0.717) is 17.3 Å². The van der Waals surface area contributed by atoms with Crippen LogP contribution < -0.4 is 10.1 Å². The Hall–Kier alpha value is -2.86. The fourth-order valence-electron chi connectivity index (χ4n) is 3.51. The summed E-state index contributed by atoms with van der Waals surface area (Å²) in [5.41, 5.74) is 3.33. The van der Waals surface area contributed by atoms with Crippen LogP contribution in [-0.4, -0.2) is 48.4 Å². The van der Waals surface area contributed by atoms with Crippen LogP contribution in [0.2, 0.25) is 0 Å². The fourth-order valence-corrected chi connectivity index (χ4v) is 3.51. The minimum Gasteiger partial charge on any atom is -0.494 e. The van der Waals surface area contributed by atoms with Crippen LogP contribution in [0.3, 0.4) is 0 Å². The summed E-state index contributed by atoms with van der Waals surface area (Å²) in [5, 5.41) is 3.46. The molecule has 3 aliphatic heterocycles. The Bertz CT molecular complexity index is 899. The average molecular weight is 366 g/mol. The third kappa shape index (κ3) is 3.40. The van der Waals surface area contributed by atoms with Crippen LogP contribution >= 0.6 is 0 Å². The zero-order chi connectivity index (χ0) is 19.0. The summed E-state index contributed by atoms with van der Waals surface area (Å²) in [6.07, 6.45) is 8.01. The molecule has 1 fully saturated rings. The average Bonchev–Trinajstić information content (AvgIpc) is 2.67. The molecular weight excluding hydrogens is 343 g/mol. The lowest BCUT2D eigenvalue weighted by Crippen LogP contribution is -2.49. The van der Waals surface area contributed by atoms with Crippen LogP contribution in [0.5, 0.6) is 5.75 Å². The number of piperazine rings is 1. The Labute approximate surface area is 158 Å². The molecule has 0 amide bonds. The van der Waals surface area contributed by atoms with E-state index in [9.17, 15) is 4.39 Å². The molecule has 140 valence electrons. The topological polar surface area (TPSA) is 40.1 Å². The molecule has 27 heavy (non-hydrogen) atoms. The second-order valence-electron chi connectivity index (χ2n) is 6.90. The predicted molar refractivity (Wildman–Crippen MR) is 106 cm³/mol. The minimum atomic E-state index is -0.404. The van der Waals surface area contributed by atoms with E-state index in [4.69, 9.17) is 4.74 Å². The molecule has 1 atom stereocenters. The lowest BCUT2D eigenvalue weighted by Gasteiger charge is -2.37. The zero-order valence-electron chi connectivity index (χ0n) is 15.6. The molecule has 6 heteroatoms. The Kier molecular flexibility index (Phi) is 4.58. The molecule has 1 aromatic carbocycles. The van der Waals surface area contributed by atoms with Crippen molar-refractivity contribution in [2.24, 2.45) is 4.99 Å². The molecule has 5 nitrogen and oxygen atoms in total. The number of hydrogen-bond acceptors (Lipinski definition) is 5. The highest BCUT2D eigenvalue weighted by Crippen LogP contribution is 2.30. The Morgan fingerprint density at radius 3 is 2.93 bits per heavy atom. The van der Waals surface area contributed by atoms with Crippen molar-refractivity contribution >= 4 is 11.5 Å². The van der Waals surface area contributed by atoms with Crippen molar-refractivity contribution in [1.82, 2.24) is 15.1 Å². The number of benzene rings is 1. The highest BCUT2D eigenvalue weighted by Gasteiger charge is 2.24. The van der Waals surface area contributed by atoms with Crippen LogP contribution in [0, 0.1) is 5.82 Å². The van der Waals surface area contributed by atoms with Gasteiger partial charge >= 0.3 is 0 Å². The largest absolute Gasteiger partial charge is 0.494 e. The molecule has 0 unspecified atom stereocenters. The van der Waals surface area contributed by atoms with E-state index in [1.807, 2.05) is 17.1 Å². The van der Waals surface area contributed by atoms with Crippen LogP contribution in [0.4, 0.5) is 4.39 Å². The predicted octanol–water partition coefficient (Wildman–Crippen LogP) is 3.11. The number of nitrogens with one attached hydrogen (secondary N) is 1. The smallest absolute Gasteiger partial charge is 0.165 e. The number of ether oxygens (including phenoxy) is 1. The number of halogens is 1. The first kappa shape index (κ1) is 17.5. The van der Waals surface area contributed by atoms with Gasteiger partial charge in [-0.1, -0.05) is 6.58 Å². The number of fused-ring (bicyclic) bond motifs is 1. The summed E-state index contributed by atoms with van der Waals surface area (Å²) in [6, 6.07) is 5.31. The highest BCUT2D eigenvalue weighted by molar-refractivity contribution is 6.02. The lowest BCUT2D eigenvalue weighted by atomic mass is 10.1. The van der Waals surface area contributed by atoms with Gasteiger partial charge in [-0.3, -0.25) is 0 Å². The van der Waals surface area contributed by atoms with Crippen LogP contribution in [0.1, 0.15) is 12.5 Å². The van der Waals surface area contributed by atoms with E-state index in [-0.39, 0.29) is 5.75 Å². The van der Waals surface area contributed by atoms with Gasteiger partial charge in [0.2, 0.25) is 0 Å². The normalized spacial score (nSPS) is 22.1. The summed E-state index contributed by atoms with van der Waals surface area (Å²) in [5.74, 6) is 0.595. The SMILES string of the molecule is C=C1C=C(c2ccc(OC)c(F)c2)N=C2C=CC(N3CCN[C@H](C)C3)=CN12. The number of rotatable bonds is 3. The number of hydrogen-bond donors (Lipinski definition) is 1. The summed E-state index contributed by atoms with van der Waals surface area (Å²) in [7, 11) is 1.45. The van der Waals surface area contributed by atoms with Gasteiger partial charge in [-0.2, -0.15) is 0 Å². The lowest BCUT2D eigenvalue weighted by molar-refractivity contribution is 0.259. The van der Waals surface area contributed by atoms with Gasteiger partial charge in [0.25, 0.3) is 0 Å². The summed E-state index contributed by atoms with van der Waals surface area (Å²) in [4.78, 5) is 9.03. The van der Waals surface area contributed by atoms with Crippen molar-refractivity contribution in [2.75, 3.05) is 26.7 Å². The molecule has 1 aromatic rings. The Morgan fingerprint density at radius 2 is 2.19 bits per heavy atom. The molecule has 1 N–H and O–H groups in total. The van der Waals surface area contributed by atoms with Crippen LogP contribution in [-0.2, 0) is 0 Å². The van der Waals surface area contributed by atoms with E-state index in [1.165, 1.54) is 13.2 Å². The van der Waals surface area contributed by atoms with Gasteiger partial charge in [0.1, 0.15) is 5.84 Å². The van der Waals surface area contributed by atoms with E-state index in [1.54, 1.807) is 12.1 Å². The molecule has 4 rings (SSSR count). The molecule has 3 heterocycles. The third-order valence-corrected chi connectivity index (χ3v) is 4.94. The number of allylic oxidation sites excluding steroid dienone is 2. The Balaban J connectivity index is 1.59. The quantitative estimate of drug-likeness (QED) is 0.892. The molecule has 0 saturated carbocycles. The van der Waals surface area contributed by atoms with Gasteiger partial charge in [0, 0.05) is 43.1 Å². The van der Waals surface area contributed by atoms with Crippen molar-refractivity contribution in [2.45, 2.75) is 13.0 Å². The molecule has 0 aliphatic carbocycles. The van der Waals surface area contributed by atoms with E-state index in [0.717, 1.165) is 36.9 Å². The minimum absolute atomic E-state index is 0.221. The first-order valence-electron chi connectivity index (χ1n) is 9.06. The van der Waals surface area contributed by atoms with E-state index >= 15 is 0 Å². The van der Waals surface area contributed by atoms with Gasteiger partial charge in [0.05, 0.1) is 18.5 Å². The molecule has 3 aliphatic rings. The maximum atomic E-state index is 14.1. The van der Waals surface area contributed by atoms with Crippen molar-refractivity contribution in [3.05, 3.63) is 72.0 Å². The number of methoxy groups -OCH3 is 1. The second-order valence-corrected chi connectivity index (χ2v) is 6.90. The monoisotopic (exact) mass is 366 g/mol. The summed E-state index contributed by atoms with van der Waals surface area (Å²) in [6.45, 7) is 9.27. The number of amidine groups is 1. The van der Waals surface area contributed by atoms with Crippen molar-refractivity contribution in [1.29, 1.82) is 0 Å². The van der Waals surface area contributed by atoms with E-state index in [2.05, 4.69) is 41.0 Å². The summed E-state index contributed by atoms with van der Waals surface area (Å²) >= 11 is 0. The highest BCUT2D eigenvalue weighted by atomic mass is 19.1. The molecule has 0 bridgehead atoms. The van der Waals surface area contributed by atoms with Gasteiger partial charge in [-0.25, -0.2) is 9.38 Å². The first-order valence-corrected chi connectivity index (χ1v) is 9.06. The van der Waals surface area contributed by atoms with Crippen molar-refractivity contribution < 1.29 is 9.13 Å². The van der Waals surface area contributed by atoms with Gasteiger partial charge in [0.15, 0.2) is 11.6 Å². The fraction of sp³-hybridized carbons (Fsp3) is 0.286. The second kappa shape index (κ2) is 7.04. The summed E-state index contributed by atoms with van der Waals surface area (Å²) < 4.78 is 19.0. The van der Waals surface area contributed by atoms with Crippen LogP contribution in [0.25, 0.3) is 5.70 Å². The van der Waals surface area contributed by atoms with Crippen molar-refractivity contribution in [3.8, 4) is 5.75 Å². The van der Waals surface area contributed by atoms with Crippen molar-refractivity contribution in [3.63, 3.8) is 0 Å². The maximum Gasteiger partial charge on any atom is 0.165 e. The first-order chi connectivity index (χ1) is 13.0. The van der Waals surface area contributed by atoms with Gasteiger partial charge in [-0.05, 0) is 43.4 Å². The maximum absolute atomic E-state index is 14.1. The number of nitrogens with zero attached hydrogens (tertiary/aromatic N) is 3. The third-order valence-electron chi connectivity index (χ3n) is 4.94. The Morgan fingerprint density at radius 1 is 1.33 bits per heavy atom.